The third kappa shape index (κ3) is 4.52. The minimum absolute atomic E-state index is 0.524. The predicted octanol–water partition coefficient (Wildman–Crippen LogP) is 4.55. The molecule has 2 aliphatic heterocycles. The van der Waals surface area contributed by atoms with E-state index in [9.17, 15) is 0 Å². The van der Waals surface area contributed by atoms with Gasteiger partial charge in [0, 0.05) is 43.8 Å². The maximum atomic E-state index is 6.10. The van der Waals surface area contributed by atoms with E-state index in [1.165, 1.54) is 27.8 Å². The number of ether oxygens (including phenoxy) is 2. The zero-order valence-electron chi connectivity index (χ0n) is 20.1. The lowest BCUT2D eigenvalue weighted by atomic mass is 9.99. The van der Waals surface area contributed by atoms with E-state index >= 15 is 0 Å². The van der Waals surface area contributed by atoms with Gasteiger partial charge < -0.3 is 25.0 Å². The number of methoxy groups -OCH3 is 1. The molecule has 0 saturated heterocycles. The number of aromatic nitrogens is 2. The first kappa shape index (κ1) is 21.8. The molecule has 0 saturated carbocycles. The van der Waals surface area contributed by atoms with Crippen molar-refractivity contribution in [3.05, 3.63) is 82.5 Å². The van der Waals surface area contributed by atoms with Gasteiger partial charge in [-0.05, 0) is 65.6 Å². The second-order valence-electron chi connectivity index (χ2n) is 9.34. The van der Waals surface area contributed by atoms with Crippen molar-refractivity contribution in [2.24, 2.45) is 0 Å². The Morgan fingerprint density at radius 1 is 1.00 bits per heavy atom. The van der Waals surface area contributed by atoms with E-state index in [2.05, 4.69) is 57.9 Å². The number of nitrogens with one attached hydrogen (secondary N) is 2. The molecule has 6 rings (SSSR count). The van der Waals surface area contributed by atoms with E-state index in [0.29, 0.717) is 12.6 Å². The van der Waals surface area contributed by atoms with Crippen LogP contribution in [0.3, 0.4) is 0 Å². The summed E-state index contributed by atoms with van der Waals surface area (Å²) in [5.41, 5.74) is 8.25. The highest BCUT2D eigenvalue weighted by Gasteiger charge is 2.17. The summed E-state index contributed by atoms with van der Waals surface area (Å²) in [5, 5.41) is 7.72. The van der Waals surface area contributed by atoms with Crippen LogP contribution >= 0.6 is 0 Å². The molecule has 0 amide bonds. The largest absolute Gasteiger partial charge is 0.495 e. The van der Waals surface area contributed by atoms with Crippen LogP contribution in [-0.4, -0.2) is 35.6 Å². The van der Waals surface area contributed by atoms with Crippen molar-refractivity contribution in [3.8, 4) is 11.5 Å². The molecule has 7 heteroatoms. The van der Waals surface area contributed by atoms with Crippen LogP contribution in [0.25, 0.3) is 10.9 Å². The standard InChI is InChI=1S/C28H29N5O2/c1-33-8-7-19-11-27(34-2)26(10-23(19)16-33)32-28-30-15-21-5-6-24(12-25(21)31-28)35-17-18-3-4-20-13-29-14-22(20)9-18/h3-6,9-12,15,29H,7-8,13-14,16-17H2,1-2H3,(H,30,31,32). The van der Waals surface area contributed by atoms with Gasteiger partial charge in [0.25, 0.3) is 0 Å². The van der Waals surface area contributed by atoms with Crippen LogP contribution in [0.4, 0.5) is 11.6 Å². The fourth-order valence-corrected chi connectivity index (χ4v) is 4.87. The highest BCUT2D eigenvalue weighted by atomic mass is 16.5. The molecule has 1 aromatic heterocycles. The molecule has 0 aliphatic carbocycles. The summed E-state index contributed by atoms with van der Waals surface area (Å²) in [6.07, 6.45) is 2.86. The van der Waals surface area contributed by atoms with E-state index in [-0.39, 0.29) is 0 Å². The lowest BCUT2D eigenvalue weighted by Crippen LogP contribution is -2.26. The average molecular weight is 468 g/mol. The van der Waals surface area contributed by atoms with Crippen LogP contribution in [0.2, 0.25) is 0 Å². The Bertz CT molecular complexity index is 1400. The summed E-state index contributed by atoms with van der Waals surface area (Å²) in [4.78, 5) is 11.6. The molecule has 7 nitrogen and oxygen atoms in total. The second kappa shape index (κ2) is 9.17. The van der Waals surface area contributed by atoms with E-state index in [1.807, 2.05) is 24.4 Å². The number of anilines is 2. The summed E-state index contributed by atoms with van der Waals surface area (Å²) < 4.78 is 11.8. The van der Waals surface area contributed by atoms with Gasteiger partial charge in [0.2, 0.25) is 5.95 Å². The topological polar surface area (TPSA) is 71.5 Å². The number of hydrogen-bond acceptors (Lipinski definition) is 7. The van der Waals surface area contributed by atoms with Crippen LogP contribution in [-0.2, 0) is 32.7 Å². The fraction of sp³-hybridized carbons (Fsp3) is 0.286. The Kier molecular flexibility index (Phi) is 5.72. The lowest BCUT2D eigenvalue weighted by Gasteiger charge is -2.26. The first-order valence-electron chi connectivity index (χ1n) is 12.0. The van der Waals surface area contributed by atoms with Gasteiger partial charge in [-0.3, -0.25) is 0 Å². The van der Waals surface area contributed by atoms with Gasteiger partial charge in [-0.25, -0.2) is 9.97 Å². The molecule has 3 heterocycles. The van der Waals surface area contributed by atoms with Crippen LogP contribution in [0.1, 0.15) is 27.8 Å². The van der Waals surface area contributed by atoms with Crippen LogP contribution in [0.5, 0.6) is 11.5 Å². The van der Waals surface area contributed by atoms with Gasteiger partial charge in [-0.1, -0.05) is 18.2 Å². The Hall–Kier alpha value is -3.68. The Balaban J connectivity index is 1.22. The first-order chi connectivity index (χ1) is 17.1. The minimum Gasteiger partial charge on any atom is -0.495 e. The van der Waals surface area contributed by atoms with Crippen molar-refractivity contribution in [2.45, 2.75) is 32.7 Å². The SMILES string of the molecule is COc1cc2c(cc1Nc1ncc3ccc(OCc4ccc5c(c4)CNC5)cc3n1)CN(C)CC2. The molecule has 0 unspecified atom stereocenters. The van der Waals surface area contributed by atoms with Crippen molar-refractivity contribution in [1.82, 2.24) is 20.2 Å². The number of likely N-dealkylation sites (N-methyl/N-ethyl adjacent to an activating group) is 1. The zero-order valence-corrected chi connectivity index (χ0v) is 20.1. The molecule has 0 spiro atoms. The maximum absolute atomic E-state index is 6.10. The second-order valence-corrected chi connectivity index (χ2v) is 9.34. The fourth-order valence-electron chi connectivity index (χ4n) is 4.87. The molecular weight excluding hydrogens is 438 g/mol. The molecule has 0 fully saturated rings. The van der Waals surface area contributed by atoms with Gasteiger partial charge in [0.1, 0.15) is 18.1 Å². The van der Waals surface area contributed by atoms with Crippen molar-refractivity contribution >= 4 is 22.5 Å². The van der Waals surface area contributed by atoms with Gasteiger partial charge in [-0.15, -0.1) is 0 Å². The third-order valence-corrected chi connectivity index (χ3v) is 6.83. The highest BCUT2D eigenvalue weighted by molar-refractivity contribution is 5.81. The molecule has 0 atom stereocenters. The number of fused-ring (bicyclic) bond motifs is 3. The van der Waals surface area contributed by atoms with Crippen LogP contribution in [0, 0.1) is 0 Å². The first-order valence-corrected chi connectivity index (χ1v) is 12.0. The minimum atomic E-state index is 0.524. The maximum Gasteiger partial charge on any atom is 0.227 e. The lowest BCUT2D eigenvalue weighted by molar-refractivity contribution is 0.306. The molecular formula is C28H29N5O2. The molecule has 0 radical (unpaired) electrons. The van der Waals surface area contributed by atoms with Gasteiger partial charge in [0.15, 0.2) is 0 Å². The molecule has 4 aromatic rings. The average Bonchev–Trinajstić information content (AvgIpc) is 3.35. The molecule has 2 aliphatic rings. The number of rotatable bonds is 6. The molecule has 35 heavy (non-hydrogen) atoms. The number of benzene rings is 3. The van der Waals surface area contributed by atoms with Gasteiger partial charge in [0.05, 0.1) is 18.3 Å². The highest BCUT2D eigenvalue weighted by Crippen LogP contribution is 2.33. The summed E-state index contributed by atoms with van der Waals surface area (Å²) in [7, 11) is 3.85. The Morgan fingerprint density at radius 2 is 1.91 bits per heavy atom. The van der Waals surface area contributed by atoms with Crippen LogP contribution < -0.4 is 20.1 Å². The third-order valence-electron chi connectivity index (χ3n) is 6.83. The van der Waals surface area contributed by atoms with Crippen molar-refractivity contribution in [2.75, 3.05) is 26.0 Å². The van der Waals surface area contributed by atoms with E-state index in [0.717, 1.165) is 60.7 Å². The summed E-state index contributed by atoms with van der Waals surface area (Å²) in [5.74, 6) is 2.12. The van der Waals surface area contributed by atoms with E-state index in [4.69, 9.17) is 14.5 Å². The number of nitrogens with zero attached hydrogens (tertiary/aromatic N) is 3. The quantitative estimate of drug-likeness (QED) is 0.431. The zero-order chi connectivity index (χ0) is 23.8. The number of hydrogen-bond donors (Lipinski definition) is 2. The molecule has 3 aromatic carbocycles. The molecule has 0 bridgehead atoms. The summed E-state index contributed by atoms with van der Waals surface area (Å²) in [6.45, 7) is 4.39. The monoisotopic (exact) mass is 467 g/mol. The smallest absolute Gasteiger partial charge is 0.227 e. The molecule has 178 valence electrons. The summed E-state index contributed by atoms with van der Waals surface area (Å²) in [6, 6.07) is 16.8. The van der Waals surface area contributed by atoms with Gasteiger partial charge in [-0.2, -0.15) is 0 Å². The van der Waals surface area contributed by atoms with E-state index < -0.39 is 0 Å². The molecule has 2 N–H and O–H groups in total. The normalized spacial score (nSPS) is 15.0. The Labute approximate surface area is 205 Å². The van der Waals surface area contributed by atoms with Crippen LogP contribution in [0.15, 0.2) is 54.7 Å². The van der Waals surface area contributed by atoms with Crippen molar-refractivity contribution in [1.29, 1.82) is 0 Å². The van der Waals surface area contributed by atoms with E-state index in [1.54, 1.807) is 7.11 Å². The van der Waals surface area contributed by atoms with Crippen molar-refractivity contribution in [3.63, 3.8) is 0 Å². The van der Waals surface area contributed by atoms with Crippen molar-refractivity contribution < 1.29 is 9.47 Å². The summed E-state index contributed by atoms with van der Waals surface area (Å²) >= 11 is 0. The predicted molar refractivity (Wildman–Crippen MR) is 137 cm³/mol. The van der Waals surface area contributed by atoms with Gasteiger partial charge >= 0.3 is 0 Å². The Morgan fingerprint density at radius 3 is 2.83 bits per heavy atom.